The Kier molecular flexibility index (Phi) is 5.04. The molecule has 2 aromatic carbocycles. The van der Waals surface area contributed by atoms with Gasteiger partial charge in [0, 0.05) is 5.69 Å². The number of nitrogens with zero attached hydrogens (tertiary/aromatic N) is 1. The van der Waals surface area contributed by atoms with Crippen molar-refractivity contribution < 1.29 is 9.47 Å². The van der Waals surface area contributed by atoms with Crippen LogP contribution in [-0.2, 0) is 6.54 Å². The smallest absolute Gasteiger partial charge is 0.193 e. The molecule has 0 radical (unpaired) electrons. The number of guanidine groups is 1. The summed E-state index contributed by atoms with van der Waals surface area (Å²) in [6.07, 6.45) is 0. The molecule has 2 rings (SSSR count). The Bertz CT molecular complexity index is 592. The van der Waals surface area contributed by atoms with Crippen LogP contribution < -0.4 is 20.5 Å². The Balaban J connectivity index is 1.93. The fourth-order valence-corrected chi connectivity index (χ4v) is 1.77. The van der Waals surface area contributed by atoms with E-state index in [0.29, 0.717) is 12.5 Å². The molecule has 21 heavy (non-hydrogen) atoms. The first-order chi connectivity index (χ1) is 10.2. The summed E-state index contributed by atoms with van der Waals surface area (Å²) in [5.74, 6) is 2.00. The minimum atomic E-state index is 0.371. The average Bonchev–Trinajstić information content (AvgIpc) is 2.54. The molecule has 0 saturated carbocycles. The number of nitrogens with one attached hydrogen (secondary N) is 1. The second-order valence-electron chi connectivity index (χ2n) is 4.40. The first kappa shape index (κ1) is 14.7. The Morgan fingerprint density at radius 1 is 0.952 bits per heavy atom. The van der Waals surface area contributed by atoms with Gasteiger partial charge in [-0.05, 0) is 42.0 Å². The van der Waals surface area contributed by atoms with Crippen LogP contribution in [0.3, 0.4) is 0 Å². The molecule has 0 heterocycles. The Hall–Kier alpha value is -2.69. The van der Waals surface area contributed by atoms with Crippen molar-refractivity contribution in [1.29, 1.82) is 0 Å². The maximum atomic E-state index is 5.86. The van der Waals surface area contributed by atoms with Gasteiger partial charge in [0.25, 0.3) is 0 Å². The highest BCUT2D eigenvalue weighted by Gasteiger charge is 1.97. The molecular weight excluding hydrogens is 266 g/mol. The van der Waals surface area contributed by atoms with Crippen molar-refractivity contribution in [2.75, 3.05) is 19.5 Å². The van der Waals surface area contributed by atoms with Crippen LogP contribution in [0.4, 0.5) is 5.69 Å². The van der Waals surface area contributed by atoms with Crippen LogP contribution in [0.1, 0.15) is 5.56 Å². The zero-order valence-corrected chi connectivity index (χ0v) is 12.2. The van der Waals surface area contributed by atoms with Crippen molar-refractivity contribution in [2.24, 2.45) is 10.7 Å². The number of aliphatic imine (C=N–C) groups is 1. The van der Waals surface area contributed by atoms with Crippen molar-refractivity contribution in [3.8, 4) is 11.5 Å². The van der Waals surface area contributed by atoms with Crippen LogP contribution in [0.5, 0.6) is 11.5 Å². The van der Waals surface area contributed by atoms with Gasteiger partial charge >= 0.3 is 0 Å². The van der Waals surface area contributed by atoms with E-state index in [1.54, 1.807) is 14.2 Å². The molecule has 0 spiro atoms. The minimum absolute atomic E-state index is 0.371. The van der Waals surface area contributed by atoms with E-state index in [0.717, 1.165) is 22.7 Å². The Labute approximate surface area is 124 Å². The average molecular weight is 285 g/mol. The van der Waals surface area contributed by atoms with Gasteiger partial charge in [-0.25, -0.2) is 4.99 Å². The van der Waals surface area contributed by atoms with Crippen LogP contribution in [0.2, 0.25) is 0 Å². The molecular formula is C16H19N3O2. The topological polar surface area (TPSA) is 68.9 Å². The SMILES string of the molecule is COc1ccc(CN=C(N)Nc2ccc(OC)cc2)cc1. The Morgan fingerprint density at radius 2 is 1.48 bits per heavy atom. The highest BCUT2D eigenvalue weighted by atomic mass is 16.5. The highest BCUT2D eigenvalue weighted by molar-refractivity contribution is 5.92. The molecule has 0 aliphatic carbocycles. The zero-order valence-electron chi connectivity index (χ0n) is 12.2. The number of ether oxygens (including phenoxy) is 2. The molecule has 2 aromatic rings. The fraction of sp³-hybridized carbons (Fsp3) is 0.188. The normalized spacial score (nSPS) is 11.0. The lowest BCUT2D eigenvalue weighted by Gasteiger charge is -2.07. The number of hydrogen-bond acceptors (Lipinski definition) is 3. The third-order valence-corrected chi connectivity index (χ3v) is 2.95. The van der Waals surface area contributed by atoms with Gasteiger partial charge in [0.1, 0.15) is 11.5 Å². The highest BCUT2D eigenvalue weighted by Crippen LogP contribution is 2.15. The van der Waals surface area contributed by atoms with Gasteiger partial charge in [-0.3, -0.25) is 0 Å². The van der Waals surface area contributed by atoms with Gasteiger partial charge in [0.05, 0.1) is 20.8 Å². The van der Waals surface area contributed by atoms with E-state index >= 15 is 0 Å². The monoisotopic (exact) mass is 285 g/mol. The lowest BCUT2D eigenvalue weighted by Crippen LogP contribution is -2.22. The predicted octanol–water partition coefficient (Wildman–Crippen LogP) is 2.63. The van der Waals surface area contributed by atoms with Crippen LogP contribution in [-0.4, -0.2) is 20.2 Å². The van der Waals surface area contributed by atoms with E-state index < -0.39 is 0 Å². The molecule has 0 aliphatic rings. The molecule has 0 aliphatic heterocycles. The van der Waals surface area contributed by atoms with Crippen molar-refractivity contribution >= 4 is 11.6 Å². The van der Waals surface area contributed by atoms with Crippen molar-refractivity contribution in [1.82, 2.24) is 0 Å². The van der Waals surface area contributed by atoms with E-state index in [-0.39, 0.29) is 0 Å². The van der Waals surface area contributed by atoms with Crippen molar-refractivity contribution in [3.05, 3.63) is 54.1 Å². The lowest BCUT2D eigenvalue weighted by atomic mass is 10.2. The molecule has 0 bridgehead atoms. The van der Waals surface area contributed by atoms with Gasteiger partial charge in [-0.15, -0.1) is 0 Å². The van der Waals surface area contributed by atoms with E-state index in [2.05, 4.69) is 10.3 Å². The number of benzene rings is 2. The molecule has 0 atom stereocenters. The van der Waals surface area contributed by atoms with E-state index in [4.69, 9.17) is 15.2 Å². The first-order valence-electron chi connectivity index (χ1n) is 6.55. The first-order valence-corrected chi connectivity index (χ1v) is 6.55. The molecule has 110 valence electrons. The lowest BCUT2D eigenvalue weighted by molar-refractivity contribution is 0.414. The molecule has 5 heteroatoms. The molecule has 0 aromatic heterocycles. The van der Waals surface area contributed by atoms with Gasteiger partial charge < -0.3 is 20.5 Å². The van der Waals surface area contributed by atoms with Gasteiger partial charge in [-0.1, -0.05) is 12.1 Å². The summed E-state index contributed by atoms with van der Waals surface area (Å²) in [6, 6.07) is 15.2. The maximum absolute atomic E-state index is 5.86. The van der Waals surface area contributed by atoms with Gasteiger partial charge in [-0.2, -0.15) is 0 Å². The largest absolute Gasteiger partial charge is 0.497 e. The molecule has 5 nitrogen and oxygen atoms in total. The van der Waals surface area contributed by atoms with E-state index in [9.17, 15) is 0 Å². The molecule has 3 N–H and O–H groups in total. The van der Waals surface area contributed by atoms with Gasteiger partial charge in [0.15, 0.2) is 5.96 Å². The zero-order chi connectivity index (χ0) is 15.1. The number of nitrogens with two attached hydrogens (primary N) is 1. The molecule has 0 amide bonds. The number of hydrogen-bond donors (Lipinski definition) is 2. The number of methoxy groups -OCH3 is 2. The molecule has 0 saturated heterocycles. The van der Waals surface area contributed by atoms with E-state index in [1.807, 2.05) is 48.5 Å². The summed E-state index contributed by atoms with van der Waals surface area (Å²) in [6.45, 7) is 0.513. The van der Waals surface area contributed by atoms with Gasteiger partial charge in [0.2, 0.25) is 0 Å². The van der Waals surface area contributed by atoms with Crippen molar-refractivity contribution in [2.45, 2.75) is 6.54 Å². The third kappa shape index (κ3) is 4.42. The van der Waals surface area contributed by atoms with E-state index in [1.165, 1.54) is 0 Å². The number of rotatable bonds is 5. The summed E-state index contributed by atoms with van der Waals surface area (Å²) in [7, 11) is 3.27. The van der Waals surface area contributed by atoms with Crippen LogP contribution in [0, 0.1) is 0 Å². The summed E-state index contributed by atoms with van der Waals surface area (Å²) in [4.78, 5) is 4.30. The fourth-order valence-electron chi connectivity index (χ4n) is 1.77. The molecule has 0 unspecified atom stereocenters. The summed E-state index contributed by atoms with van der Waals surface area (Å²) in [5.41, 5.74) is 7.80. The Morgan fingerprint density at radius 3 is 2.00 bits per heavy atom. The summed E-state index contributed by atoms with van der Waals surface area (Å²) < 4.78 is 10.2. The standard InChI is InChI=1S/C16H19N3O2/c1-20-14-7-3-12(4-8-14)11-18-16(17)19-13-5-9-15(21-2)10-6-13/h3-10H,11H2,1-2H3,(H3,17,18,19). The minimum Gasteiger partial charge on any atom is -0.497 e. The van der Waals surface area contributed by atoms with Crippen LogP contribution >= 0.6 is 0 Å². The predicted molar refractivity (Wildman–Crippen MR) is 84.9 cm³/mol. The van der Waals surface area contributed by atoms with Crippen molar-refractivity contribution in [3.63, 3.8) is 0 Å². The molecule has 0 fully saturated rings. The quantitative estimate of drug-likeness (QED) is 0.654. The summed E-state index contributed by atoms with van der Waals surface area (Å²) >= 11 is 0. The maximum Gasteiger partial charge on any atom is 0.193 e. The third-order valence-electron chi connectivity index (χ3n) is 2.95. The van der Waals surface area contributed by atoms with Crippen LogP contribution in [0.25, 0.3) is 0 Å². The second-order valence-corrected chi connectivity index (χ2v) is 4.40. The van der Waals surface area contributed by atoms with Crippen LogP contribution in [0.15, 0.2) is 53.5 Å². The summed E-state index contributed by atoms with van der Waals surface area (Å²) in [5, 5.41) is 3.03. The number of anilines is 1. The second kappa shape index (κ2) is 7.19.